The highest BCUT2D eigenvalue weighted by Crippen LogP contribution is 2.43. The fourth-order valence-electron chi connectivity index (χ4n) is 3.15. The number of imide groups is 1. The molecule has 0 atom stereocenters. The standard InChI is InChI=1S/C14H22N2O4/c1-13(2,3)20-12(18)16-11(17)6-9-14(16)7-4-10(15-19)5-8-14/h10H,4-9H2,1-3H3. The number of carbonyl (C=O) groups is 2. The van der Waals surface area contributed by atoms with Crippen LogP contribution in [0.2, 0.25) is 0 Å². The lowest BCUT2D eigenvalue weighted by Crippen LogP contribution is -2.52. The van der Waals surface area contributed by atoms with Crippen LogP contribution in [0.15, 0.2) is 5.18 Å². The first-order chi connectivity index (χ1) is 9.27. The molecule has 0 aromatic rings. The van der Waals surface area contributed by atoms with Crippen molar-refractivity contribution < 1.29 is 14.3 Å². The predicted molar refractivity (Wildman–Crippen MR) is 73.1 cm³/mol. The van der Waals surface area contributed by atoms with Gasteiger partial charge in [0, 0.05) is 6.42 Å². The summed E-state index contributed by atoms with van der Waals surface area (Å²) >= 11 is 0. The largest absolute Gasteiger partial charge is 0.443 e. The molecule has 20 heavy (non-hydrogen) atoms. The molecule has 1 aliphatic heterocycles. The van der Waals surface area contributed by atoms with E-state index in [0.29, 0.717) is 38.5 Å². The fourth-order valence-corrected chi connectivity index (χ4v) is 3.15. The number of nitroso groups, excluding NO2 is 1. The first-order valence-corrected chi connectivity index (χ1v) is 7.16. The number of carbonyl (C=O) groups excluding carboxylic acids is 2. The lowest BCUT2D eigenvalue weighted by Gasteiger charge is -2.41. The summed E-state index contributed by atoms with van der Waals surface area (Å²) in [6.45, 7) is 5.35. The summed E-state index contributed by atoms with van der Waals surface area (Å²) < 4.78 is 5.35. The first-order valence-electron chi connectivity index (χ1n) is 7.16. The molecule has 1 saturated heterocycles. The second kappa shape index (κ2) is 5.14. The SMILES string of the molecule is CC(C)(C)OC(=O)N1C(=O)CCC12CCC(N=O)CC2. The Morgan fingerprint density at radius 1 is 1.30 bits per heavy atom. The molecule has 2 rings (SSSR count). The maximum Gasteiger partial charge on any atom is 0.417 e. The van der Waals surface area contributed by atoms with Gasteiger partial charge in [0.2, 0.25) is 5.91 Å². The lowest BCUT2D eigenvalue weighted by molar-refractivity contribution is -0.131. The van der Waals surface area contributed by atoms with Gasteiger partial charge in [0.05, 0.1) is 11.6 Å². The van der Waals surface area contributed by atoms with Gasteiger partial charge in [0.1, 0.15) is 5.60 Å². The van der Waals surface area contributed by atoms with Crippen LogP contribution in [0.5, 0.6) is 0 Å². The number of amides is 2. The van der Waals surface area contributed by atoms with E-state index < -0.39 is 17.2 Å². The van der Waals surface area contributed by atoms with E-state index in [1.165, 1.54) is 4.90 Å². The molecule has 6 nitrogen and oxygen atoms in total. The molecule has 112 valence electrons. The Labute approximate surface area is 118 Å². The van der Waals surface area contributed by atoms with E-state index in [9.17, 15) is 14.5 Å². The van der Waals surface area contributed by atoms with Crippen molar-refractivity contribution in [3.63, 3.8) is 0 Å². The van der Waals surface area contributed by atoms with Gasteiger partial charge in [-0.2, -0.15) is 4.91 Å². The summed E-state index contributed by atoms with van der Waals surface area (Å²) in [5.41, 5.74) is -1.08. The molecule has 1 spiro atoms. The molecular weight excluding hydrogens is 260 g/mol. The minimum Gasteiger partial charge on any atom is -0.443 e. The van der Waals surface area contributed by atoms with Gasteiger partial charge in [-0.15, -0.1) is 0 Å². The lowest BCUT2D eigenvalue weighted by atomic mass is 9.78. The molecule has 1 heterocycles. The average molecular weight is 282 g/mol. The van der Waals surface area contributed by atoms with Crippen LogP contribution in [0, 0.1) is 4.91 Å². The summed E-state index contributed by atoms with van der Waals surface area (Å²) in [7, 11) is 0. The highest BCUT2D eigenvalue weighted by Gasteiger charge is 2.51. The molecule has 0 unspecified atom stereocenters. The van der Waals surface area contributed by atoms with Crippen molar-refractivity contribution in [1.82, 2.24) is 4.90 Å². The zero-order valence-electron chi connectivity index (χ0n) is 12.3. The first kappa shape index (κ1) is 14.9. The summed E-state index contributed by atoms with van der Waals surface area (Å²) in [4.78, 5) is 36.3. The number of ether oxygens (including phenoxy) is 1. The van der Waals surface area contributed by atoms with Crippen LogP contribution in [0.1, 0.15) is 59.3 Å². The monoisotopic (exact) mass is 282 g/mol. The molecule has 2 fully saturated rings. The van der Waals surface area contributed by atoms with Crippen LogP contribution in [0.25, 0.3) is 0 Å². The normalized spacial score (nSPS) is 30.6. The van der Waals surface area contributed by atoms with Crippen molar-refractivity contribution in [2.45, 2.75) is 76.5 Å². The van der Waals surface area contributed by atoms with E-state index in [2.05, 4.69) is 5.18 Å². The molecule has 1 saturated carbocycles. The van der Waals surface area contributed by atoms with Crippen LogP contribution >= 0.6 is 0 Å². The zero-order valence-corrected chi connectivity index (χ0v) is 12.3. The molecule has 0 radical (unpaired) electrons. The Hall–Kier alpha value is -1.46. The van der Waals surface area contributed by atoms with Crippen LogP contribution in [0.4, 0.5) is 4.79 Å². The van der Waals surface area contributed by atoms with Crippen molar-refractivity contribution in [3.05, 3.63) is 4.91 Å². The van der Waals surface area contributed by atoms with Crippen molar-refractivity contribution in [2.75, 3.05) is 0 Å². The molecule has 1 aliphatic carbocycles. The second-order valence-corrected chi connectivity index (χ2v) is 6.77. The van der Waals surface area contributed by atoms with Gasteiger partial charge in [-0.1, -0.05) is 5.18 Å². The molecule has 2 amide bonds. The van der Waals surface area contributed by atoms with E-state index >= 15 is 0 Å². The summed E-state index contributed by atoms with van der Waals surface area (Å²) in [6, 6.07) is -0.184. The number of hydrogen-bond donors (Lipinski definition) is 0. The maximum atomic E-state index is 12.3. The third-order valence-electron chi connectivity index (χ3n) is 4.14. The Kier molecular flexibility index (Phi) is 3.84. The fraction of sp³-hybridized carbons (Fsp3) is 0.857. The van der Waals surface area contributed by atoms with Crippen LogP contribution in [-0.4, -0.2) is 34.1 Å². The van der Waals surface area contributed by atoms with Crippen molar-refractivity contribution in [3.8, 4) is 0 Å². The summed E-state index contributed by atoms with van der Waals surface area (Å²) in [6.07, 6.45) is 3.04. The van der Waals surface area contributed by atoms with Crippen molar-refractivity contribution in [2.24, 2.45) is 5.18 Å². The van der Waals surface area contributed by atoms with Crippen LogP contribution < -0.4 is 0 Å². The number of rotatable bonds is 1. The van der Waals surface area contributed by atoms with E-state index in [-0.39, 0.29) is 11.9 Å². The average Bonchev–Trinajstić information content (AvgIpc) is 2.65. The minimum atomic E-state index is -0.622. The summed E-state index contributed by atoms with van der Waals surface area (Å²) in [5.74, 6) is -0.170. The Bertz CT molecular complexity index is 419. The van der Waals surface area contributed by atoms with Gasteiger partial charge >= 0.3 is 6.09 Å². The van der Waals surface area contributed by atoms with E-state index in [1.54, 1.807) is 20.8 Å². The predicted octanol–water partition coefficient (Wildman–Crippen LogP) is 2.99. The van der Waals surface area contributed by atoms with Gasteiger partial charge in [0.25, 0.3) is 0 Å². The molecule has 0 aromatic heterocycles. The van der Waals surface area contributed by atoms with E-state index in [1.807, 2.05) is 0 Å². The minimum absolute atomic E-state index is 0.170. The van der Waals surface area contributed by atoms with Gasteiger partial charge in [-0.05, 0) is 52.9 Å². The molecular formula is C14H22N2O4. The topological polar surface area (TPSA) is 76.0 Å². The third kappa shape index (κ3) is 2.83. The number of nitrogens with zero attached hydrogens (tertiary/aromatic N) is 2. The molecule has 0 aromatic carbocycles. The van der Waals surface area contributed by atoms with Crippen molar-refractivity contribution in [1.29, 1.82) is 0 Å². The van der Waals surface area contributed by atoms with E-state index in [4.69, 9.17) is 4.74 Å². The molecule has 2 aliphatic rings. The summed E-state index contributed by atoms with van der Waals surface area (Å²) in [5, 5.41) is 3.08. The Morgan fingerprint density at radius 3 is 2.40 bits per heavy atom. The Morgan fingerprint density at radius 2 is 1.90 bits per heavy atom. The highest BCUT2D eigenvalue weighted by atomic mass is 16.6. The molecule has 0 N–H and O–H groups in total. The van der Waals surface area contributed by atoms with Crippen LogP contribution in [-0.2, 0) is 9.53 Å². The quantitative estimate of drug-likeness (QED) is 0.693. The Balaban J connectivity index is 2.15. The van der Waals surface area contributed by atoms with Crippen molar-refractivity contribution >= 4 is 12.0 Å². The smallest absolute Gasteiger partial charge is 0.417 e. The zero-order chi connectivity index (χ0) is 15.0. The third-order valence-corrected chi connectivity index (χ3v) is 4.14. The van der Waals surface area contributed by atoms with Gasteiger partial charge in [-0.25, -0.2) is 9.69 Å². The molecule has 6 heteroatoms. The number of hydrogen-bond acceptors (Lipinski definition) is 5. The maximum absolute atomic E-state index is 12.3. The second-order valence-electron chi connectivity index (χ2n) is 6.77. The van der Waals surface area contributed by atoms with E-state index in [0.717, 1.165) is 0 Å². The highest BCUT2D eigenvalue weighted by molar-refractivity contribution is 5.95. The van der Waals surface area contributed by atoms with Crippen LogP contribution in [0.3, 0.4) is 0 Å². The van der Waals surface area contributed by atoms with Gasteiger partial charge in [0.15, 0.2) is 0 Å². The van der Waals surface area contributed by atoms with Gasteiger partial charge < -0.3 is 4.74 Å². The molecule has 0 bridgehead atoms. The van der Waals surface area contributed by atoms with Gasteiger partial charge in [-0.3, -0.25) is 4.79 Å². The number of likely N-dealkylation sites (tertiary alicyclic amines) is 1.